The van der Waals surface area contributed by atoms with E-state index in [4.69, 9.17) is 23.7 Å². The molecule has 1 heterocycles. The van der Waals surface area contributed by atoms with E-state index in [0.29, 0.717) is 10.2 Å². The first-order valence-electron chi connectivity index (χ1n) is 7.60. The molecule has 0 N–H and O–H groups in total. The molecule has 0 atom stereocenters. The molecule has 0 saturated heterocycles. The van der Waals surface area contributed by atoms with Gasteiger partial charge in [-0.25, -0.2) is 14.4 Å². The van der Waals surface area contributed by atoms with E-state index in [1.165, 1.54) is 39.4 Å². The molecule has 0 unspecified atom stereocenters. The Labute approximate surface area is 163 Å². The van der Waals surface area contributed by atoms with E-state index in [-0.39, 0.29) is 35.9 Å². The third-order valence-electron chi connectivity index (χ3n) is 3.77. The molecule has 0 spiro atoms. The van der Waals surface area contributed by atoms with Crippen LogP contribution < -0.4 is 9.64 Å². The number of carbonyl (C=O) groups excluding carboxylic acids is 3. The first kappa shape index (κ1) is 20.7. The minimum absolute atomic E-state index is 0.0164. The number of halogens is 1. The largest absolute Gasteiger partial charge is 0.494 e. The highest BCUT2D eigenvalue weighted by atomic mass is 79.9. The average molecular weight is 444 g/mol. The van der Waals surface area contributed by atoms with E-state index < -0.39 is 17.9 Å². The maximum atomic E-state index is 12.4. The second kappa shape index (κ2) is 8.87. The zero-order valence-electron chi connectivity index (χ0n) is 15.2. The number of esters is 3. The van der Waals surface area contributed by atoms with Gasteiger partial charge in [0.25, 0.3) is 0 Å². The molecule has 0 aromatic heterocycles. The Hall–Kier alpha value is -2.59. The second-order valence-electron chi connectivity index (χ2n) is 5.21. The highest BCUT2D eigenvalue weighted by Gasteiger charge is 2.35. The number of hydrogen-bond acceptors (Lipinski definition) is 9. The normalized spacial score (nSPS) is 13.9. The van der Waals surface area contributed by atoms with Crippen LogP contribution in [0.1, 0.15) is 10.4 Å². The van der Waals surface area contributed by atoms with E-state index >= 15 is 0 Å². The van der Waals surface area contributed by atoms with Gasteiger partial charge >= 0.3 is 17.9 Å². The van der Waals surface area contributed by atoms with E-state index in [9.17, 15) is 14.4 Å². The van der Waals surface area contributed by atoms with Crippen molar-refractivity contribution >= 4 is 39.5 Å². The van der Waals surface area contributed by atoms with Crippen molar-refractivity contribution < 1.29 is 38.1 Å². The van der Waals surface area contributed by atoms with Gasteiger partial charge < -0.3 is 28.6 Å². The standard InChI is InChI=1S/C17H18BrNO8/c1-23-14-10(15(20)24-2)5-9(18)6-12(14)19-8-27-7-11(16(21)25-3)13(19)17(22)26-4/h5-6H,7-8H2,1-4H3. The monoisotopic (exact) mass is 443 g/mol. The van der Waals surface area contributed by atoms with Crippen molar-refractivity contribution in [2.45, 2.75) is 0 Å². The molecule has 27 heavy (non-hydrogen) atoms. The molecule has 1 aliphatic heterocycles. The van der Waals surface area contributed by atoms with Crippen LogP contribution in [0.2, 0.25) is 0 Å². The number of anilines is 1. The SMILES string of the molecule is COC(=O)C1=C(C(=O)OC)N(c2cc(Br)cc(C(=O)OC)c2OC)COC1. The molecule has 2 rings (SSSR count). The predicted octanol–water partition coefficient (Wildman–Crippen LogP) is 1.64. The Morgan fingerprint density at radius 2 is 1.63 bits per heavy atom. The van der Waals surface area contributed by atoms with Crippen molar-refractivity contribution in [2.75, 3.05) is 46.7 Å². The second-order valence-corrected chi connectivity index (χ2v) is 6.13. The topological polar surface area (TPSA) is 101 Å². The van der Waals surface area contributed by atoms with Crippen LogP contribution in [-0.4, -0.2) is 59.7 Å². The van der Waals surface area contributed by atoms with Crippen molar-refractivity contribution in [1.29, 1.82) is 0 Å². The predicted molar refractivity (Wildman–Crippen MR) is 96.4 cm³/mol. The molecule has 1 aromatic carbocycles. The Morgan fingerprint density at radius 3 is 2.19 bits per heavy atom. The van der Waals surface area contributed by atoms with Crippen LogP contribution in [0.4, 0.5) is 5.69 Å². The maximum Gasteiger partial charge on any atom is 0.355 e. The Kier molecular flexibility index (Phi) is 6.81. The van der Waals surface area contributed by atoms with Gasteiger partial charge in [-0.3, -0.25) is 0 Å². The molecule has 0 radical (unpaired) electrons. The number of hydrogen-bond donors (Lipinski definition) is 0. The minimum atomic E-state index is -0.764. The van der Waals surface area contributed by atoms with Crippen LogP contribution in [0.25, 0.3) is 0 Å². The molecule has 1 aliphatic rings. The fourth-order valence-corrected chi connectivity index (χ4v) is 3.04. The van der Waals surface area contributed by atoms with Gasteiger partial charge in [0.05, 0.1) is 46.3 Å². The summed E-state index contributed by atoms with van der Waals surface area (Å²) in [5, 5.41) is 0. The number of nitrogens with zero attached hydrogens (tertiary/aromatic N) is 1. The lowest BCUT2D eigenvalue weighted by Crippen LogP contribution is -2.39. The van der Waals surface area contributed by atoms with Crippen molar-refractivity contribution in [3.05, 3.63) is 33.4 Å². The molecule has 9 nitrogen and oxygen atoms in total. The number of rotatable bonds is 5. The van der Waals surface area contributed by atoms with Gasteiger partial charge in [-0.2, -0.15) is 0 Å². The smallest absolute Gasteiger partial charge is 0.355 e. The summed E-state index contributed by atoms with van der Waals surface area (Å²) in [6.45, 7) is -0.216. The van der Waals surface area contributed by atoms with Crippen LogP contribution in [-0.2, 0) is 28.5 Å². The van der Waals surface area contributed by atoms with Crippen molar-refractivity contribution in [2.24, 2.45) is 0 Å². The van der Waals surface area contributed by atoms with Gasteiger partial charge in [-0.15, -0.1) is 0 Å². The van der Waals surface area contributed by atoms with Crippen LogP contribution >= 0.6 is 15.9 Å². The lowest BCUT2D eigenvalue weighted by molar-refractivity contribution is -0.140. The van der Waals surface area contributed by atoms with Gasteiger partial charge in [0.15, 0.2) is 5.75 Å². The quantitative estimate of drug-likeness (QED) is 0.496. The molecule has 0 amide bonds. The zero-order chi connectivity index (χ0) is 20.1. The van der Waals surface area contributed by atoms with Crippen LogP contribution in [0, 0.1) is 0 Å². The van der Waals surface area contributed by atoms with Gasteiger partial charge in [-0.05, 0) is 12.1 Å². The Morgan fingerprint density at radius 1 is 1.00 bits per heavy atom. The first-order valence-corrected chi connectivity index (χ1v) is 8.39. The first-order chi connectivity index (χ1) is 12.9. The van der Waals surface area contributed by atoms with Gasteiger partial charge in [0.1, 0.15) is 18.0 Å². The van der Waals surface area contributed by atoms with Crippen LogP contribution in [0.15, 0.2) is 27.9 Å². The number of methoxy groups -OCH3 is 4. The number of carbonyl (C=O) groups is 3. The summed E-state index contributed by atoms with van der Waals surface area (Å²) < 4.78 is 25.7. The van der Waals surface area contributed by atoms with Gasteiger partial charge in [0.2, 0.25) is 0 Å². The summed E-state index contributed by atoms with van der Waals surface area (Å²) in [5.74, 6) is -1.99. The number of benzene rings is 1. The van der Waals surface area contributed by atoms with E-state index in [1.54, 1.807) is 6.07 Å². The van der Waals surface area contributed by atoms with E-state index in [2.05, 4.69) is 15.9 Å². The van der Waals surface area contributed by atoms with Gasteiger partial charge in [0, 0.05) is 4.47 Å². The van der Waals surface area contributed by atoms with Crippen molar-refractivity contribution in [1.82, 2.24) is 0 Å². The lowest BCUT2D eigenvalue weighted by Gasteiger charge is -2.32. The van der Waals surface area contributed by atoms with Crippen LogP contribution in [0.5, 0.6) is 5.75 Å². The summed E-state index contributed by atoms with van der Waals surface area (Å²) in [7, 11) is 4.99. The molecular weight excluding hydrogens is 426 g/mol. The average Bonchev–Trinajstić information content (AvgIpc) is 2.70. The molecule has 0 bridgehead atoms. The third kappa shape index (κ3) is 4.06. The fourth-order valence-electron chi connectivity index (χ4n) is 2.59. The van der Waals surface area contributed by atoms with Gasteiger partial charge in [-0.1, -0.05) is 15.9 Å². The molecule has 1 aromatic rings. The Bertz CT molecular complexity index is 804. The van der Waals surface area contributed by atoms with Crippen molar-refractivity contribution in [3.8, 4) is 5.75 Å². The van der Waals surface area contributed by atoms with Crippen molar-refractivity contribution in [3.63, 3.8) is 0 Å². The molecule has 0 fully saturated rings. The highest BCUT2D eigenvalue weighted by molar-refractivity contribution is 9.10. The zero-order valence-corrected chi connectivity index (χ0v) is 16.7. The maximum absolute atomic E-state index is 12.4. The molecule has 0 saturated carbocycles. The summed E-state index contributed by atoms with van der Waals surface area (Å²) in [4.78, 5) is 38.0. The van der Waals surface area contributed by atoms with E-state index in [0.717, 1.165) is 0 Å². The lowest BCUT2D eigenvalue weighted by atomic mass is 10.1. The summed E-state index contributed by atoms with van der Waals surface area (Å²) in [6.07, 6.45) is 0. The number of ether oxygens (including phenoxy) is 5. The highest BCUT2D eigenvalue weighted by Crippen LogP contribution is 2.39. The fraction of sp³-hybridized carbons (Fsp3) is 0.353. The summed E-state index contributed by atoms with van der Waals surface area (Å²) >= 11 is 3.32. The molecule has 10 heteroatoms. The Balaban J connectivity index is 2.74. The molecular formula is C17H18BrNO8. The third-order valence-corrected chi connectivity index (χ3v) is 4.23. The van der Waals surface area contributed by atoms with Crippen LogP contribution in [0.3, 0.4) is 0 Å². The summed E-state index contributed by atoms with van der Waals surface area (Å²) in [5.41, 5.74) is 0.340. The molecule has 0 aliphatic carbocycles. The minimum Gasteiger partial charge on any atom is -0.494 e. The summed E-state index contributed by atoms with van der Waals surface area (Å²) in [6, 6.07) is 3.12. The van der Waals surface area contributed by atoms with E-state index in [1.807, 2.05) is 0 Å². The molecule has 146 valence electrons.